The quantitative estimate of drug-likeness (QED) is 0.839. The van der Waals surface area contributed by atoms with Crippen molar-refractivity contribution in [3.63, 3.8) is 0 Å². The largest absolute Gasteiger partial charge is 0.372 e. The molecule has 26 heavy (non-hydrogen) atoms. The van der Waals surface area contributed by atoms with E-state index in [0.29, 0.717) is 25.1 Å². The number of likely N-dealkylation sites (tertiary alicyclic amines) is 1. The first-order valence-corrected chi connectivity index (χ1v) is 9.72. The van der Waals surface area contributed by atoms with Crippen LogP contribution in [0.25, 0.3) is 0 Å². The lowest BCUT2D eigenvalue weighted by molar-refractivity contribution is -0.124. The third-order valence-corrected chi connectivity index (χ3v) is 5.39. The highest BCUT2D eigenvalue weighted by Crippen LogP contribution is 2.21. The van der Waals surface area contributed by atoms with Crippen molar-refractivity contribution in [3.05, 3.63) is 29.8 Å². The summed E-state index contributed by atoms with van der Waals surface area (Å²) in [7, 11) is 1.93. The lowest BCUT2D eigenvalue weighted by Crippen LogP contribution is -2.41. The third kappa shape index (κ3) is 4.36. The van der Waals surface area contributed by atoms with E-state index >= 15 is 0 Å². The van der Waals surface area contributed by atoms with Crippen LogP contribution in [0.15, 0.2) is 24.3 Å². The van der Waals surface area contributed by atoms with Gasteiger partial charge in [0.25, 0.3) is 5.91 Å². The number of anilines is 1. The normalized spacial score (nSPS) is 23.7. The van der Waals surface area contributed by atoms with Gasteiger partial charge < -0.3 is 15.5 Å². The minimum Gasteiger partial charge on any atom is -0.372 e. The molecule has 2 amide bonds. The van der Waals surface area contributed by atoms with Crippen LogP contribution in [0.2, 0.25) is 0 Å². The van der Waals surface area contributed by atoms with E-state index in [1.807, 2.05) is 43.1 Å². The molecule has 0 spiro atoms. The lowest BCUT2D eigenvalue weighted by Gasteiger charge is -2.28. The second kappa shape index (κ2) is 8.54. The molecule has 0 aromatic heterocycles. The van der Waals surface area contributed by atoms with E-state index in [9.17, 15) is 9.59 Å². The molecule has 6 heteroatoms. The average Bonchev–Trinajstić information content (AvgIpc) is 3.03. The highest BCUT2D eigenvalue weighted by atomic mass is 16.2. The Morgan fingerprint density at radius 3 is 2.46 bits per heavy atom. The second-order valence-corrected chi connectivity index (χ2v) is 7.35. The summed E-state index contributed by atoms with van der Waals surface area (Å²) in [4.78, 5) is 29.0. The number of carbonyl (C=O) groups is 2. The molecule has 2 heterocycles. The second-order valence-electron chi connectivity index (χ2n) is 7.35. The molecule has 3 rings (SSSR count). The summed E-state index contributed by atoms with van der Waals surface area (Å²) in [5.74, 6) is -0.0252. The molecular formula is C20H30N4O2. The number of hydrogen-bond acceptors (Lipinski definition) is 4. The highest BCUT2D eigenvalue weighted by molar-refractivity contribution is 5.95. The zero-order valence-electron chi connectivity index (χ0n) is 15.8. The van der Waals surface area contributed by atoms with E-state index in [1.54, 1.807) is 0 Å². The number of benzene rings is 1. The van der Waals surface area contributed by atoms with Crippen molar-refractivity contribution >= 4 is 17.5 Å². The molecule has 2 fully saturated rings. The molecule has 142 valence electrons. The van der Waals surface area contributed by atoms with Gasteiger partial charge in [0.2, 0.25) is 5.91 Å². The molecule has 6 nitrogen and oxygen atoms in total. The first kappa shape index (κ1) is 18.7. The van der Waals surface area contributed by atoms with Gasteiger partial charge in [-0.2, -0.15) is 0 Å². The minimum absolute atomic E-state index is 0.00174. The van der Waals surface area contributed by atoms with Crippen LogP contribution in [0.3, 0.4) is 0 Å². The molecule has 0 radical (unpaired) electrons. The van der Waals surface area contributed by atoms with Crippen LogP contribution in [0.4, 0.5) is 5.69 Å². The zero-order chi connectivity index (χ0) is 18.5. The average molecular weight is 358 g/mol. The van der Waals surface area contributed by atoms with Gasteiger partial charge in [-0.3, -0.25) is 14.5 Å². The number of rotatable bonds is 5. The Labute approximate surface area is 155 Å². The number of nitrogens with zero attached hydrogens (tertiary/aromatic N) is 2. The van der Waals surface area contributed by atoms with Crippen molar-refractivity contribution in [1.29, 1.82) is 0 Å². The van der Waals surface area contributed by atoms with Gasteiger partial charge in [-0.05, 0) is 63.9 Å². The fourth-order valence-electron chi connectivity index (χ4n) is 3.95. The van der Waals surface area contributed by atoms with Crippen molar-refractivity contribution < 1.29 is 9.59 Å². The predicted octanol–water partition coefficient (Wildman–Crippen LogP) is 1.62. The van der Waals surface area contributed by atoms with Crippen molar-refractivity contribution in [3.8, 4) is 0 Å². The van der Waals surface area contributed by atoms with E-state index in [1.165, 1.54) is 24.9 Å². The standard InChI is InChI=1S/C20H30N4O2/c1-3-21-20(26)18-13-16(14-23(18)2)22-19(25)15-7-9-17(10-8-15)24-11-5-4-6-12-24/h7-10,16,18H,3-6,11-14H2,1-2H3,(H,21,26)(H,22,25). The van der Waals surface area contributed by atoms with E-state index in [0.717, 1.165) is 13.1 Å². The third-order valence-electron chi connectivity index (χ3n) is 5.39. The molecular weight excluding hydrogens is 328 g/mol. The molecule has 2 atom stereocenters. The molecule has 2 saturated heterocycles. The maximum Gasteiger partial charge on any atom is 0.251 e. The molecule has 2 unspecified atom stereocenters. The highest BCUT2D eigenvalue weighted by Gasteiger charge is 2.34. The topological polar surface area (TPSA) is 64.7 Å². The summed E-state index contributed by atoms with van der Waals surface area (Å²) < 4.78 is 0. The number of nitrogens with one attached hydrogen (secondary N) is 2. The van der Waals surface area contributed by atoms with Gasteiger partial charge in [-0.1, -0.05) is 0 Å². The van der Waals surface area contributed by atoms with Gasteiger partial charge in [0.05, 0.1) is 6.04 Å². The molecule has 0 saturated carbocycles. The van der Waals surface area contributed by atoms with E-state index in [4.69, 9.17) is 0 Å². The van der Waals surface area contributed by atoms with Gasteiger partial charge in [0, 0.05) is 43.5 Å². The number of hydrogen-bond donors (Lipinski definition) is 2. The summed E-state index contributed by atoms with van der Waals surface area (Å²) in [6.07, 6.45) is 4.44. The first-order valence-electron chi connectivity index (χ1n) is 9.72. The number of amides is 2. The molecule has 1 aromatic carbocycles. The summed E-state index contributed by atoms with van der Waals surface area (Å²) in [6, 6.07) is 7.72. The van der Waals surface area contributed by atoms with Crippen molar-refractivity contribution in [2.24, 2.45) is 0 Å². The Balaban J connectivity index is 1.55. The van der Waals surface area contributed by atoms with Crippen LogP contribution < -0.4 is 15.5 Å². The van der Waals surface area contributed by atoms with Crippen molar-refractivity contribution in [1.82, 2.24) is 15.5 Å². The van der Waals surface area contributed by atoms with Crippen molar-refractivity contribution in [2.45, 2.75) is 44.7 Å². The lowest BCUT2D eigenvalue weighted by atomic mass is 10.1. The Bertz CT molecular complexity index is 625. The van der Waals surface area contributed by atoms with E-state index < -0.39 is 0 Å². The molecule has 1 aromatic rings. The van der Waals surface area contributed by atoms with Gasteiger partial charge >= 0.3 is 0 Å². The number of piperidine rings is 1. The first-order chi connectivity index (χ1) is 12.6. The smallest absolute Gasteiger partial charge is 0.251 e. The van der Waals surface area contributed by atoms with Gasteiger partial charge in [0.1, 0.15) is 0 Å². The van der Waals surface area contributed by atoms with Gasteiger partial charge in [0.15, 0.2) is 0 Å². The Morgan fingerprint density at radius 1 is 1.12 bits per heavy atom. The Kier molecular flexibility index (Phi) is 6.14. The molecule has 2 N–H and O–H groups in total. The van der Waals surface area contributed by atoms with Crippen LogP contribution in [0.5, 0.6) is 0 Å². The van der Waals surface area contributed by atoms with Crippen LogP contribution >= 0.6 is 0 Å². The summed E-state index contributed by atoms with van der Waals surface area (Å²) in [6.45, 7) is 5.44. The summed E-state index contributed by atoms with van der Waals surface area (Å²) in [5, 5.41) is 5.94. The predicted molar refractivity (Wildman–Crippen MR) is 103 cm³/mol. The van der Waals surface area contributed by atoms with Gasteiger partial charge in [-0.15, -0.1) is 0 Å². The monoisotopic (exact) mass is 358 g/mol. The summed E-state index contributed by atoms with van der Waals surface area (Å²) in [5.41, 5.74) is 1.87. The summed E-state index contributed by atoms with van der Waals surface area (Å²) >= 11 is 0. The van der Waals surface area contributed by atoms with Crippen LogP contribution in [-0.2, 0) is 4.79 Å². The van der Waals surface area contributed by atoms with Crippen molar-refractivity contribution in [2.75, 3.05) is 38.1 Å². The number of carbonyl (C=O) groups excluding carboxylic acids is 2. The van der Waals surface area contributed by atoms with Crippen LogP contribution in [0, 0.1) is 0 Å². The molecule has 0 aliphatic carbocycles. The zero-order valence-corrected chi connectivity index (χ0v) is 15.8. The SMILES string of the molecule is CCNC(=O)C1CC(NC(=O)c2ccc(N3CCCCC3)cc2)CN1C. The minimum atomic E-state index is -0.165. The van der Waals surface area contributed by atoms with E-state index in [-0.39, 0.29) is 23.9 Å². The maximum absolute atomic E-state index is 12.6. The fraction of sp³-hybridized carbons (Fsp3) is 0.600. The molecule has 2 aliphatic rings. The van der Waals surface area contributed by atoms with E-state index in [2.05, 4.69) is 15.5 Å². The van der Waals surface area contributed by atoms with Gasteiger partial charge in [-0.25, -0.2) is 0 Å². The number of likely N-dealkylation sites (N-methyl/N-ethyl adjacent to an activating group) is 2. The Morgan fingerprint density at radius 2 is 1.81 bits per heavy atom. The van der Waals surface area contributed by atoms with Crippen LogP contribution in [0.1, 0.15) is 43.0 Å². The maximum atomic E-state index is 12.6. The molecule has 0 bridgehead atoms. The fourth-order valence-corrected chi connectivity index (χ4v) is 3.95. The van der Waals surface area contributed by atoms with Crippen LogP contribution in [-0.4, -0.2) is 62.0 Å². The molecule has 2 aliphatic heterocycles. The Hall–Kier alpha value is -2.08.